The maximum atomic E-state index is 6.12. The molecular weight excluding hydrogens is 404 g/mol. The highest BCUT2D eigenvalue weighted by Gasteiger charge is 2.41. The van der Waals surface area contributed by atoms with Gasteiger partial charge in [0.05, 0.1) is 33.0 Å². The molecule has 0 aromatic heterocycles. The monoisotopic (exact) mass is 438 g/mol. The fourth-order valence-corrected chi connectivity index (χ4v) is 4.63. The number of guanidine groups is 1. The summed E-state index contributed by atoms with van der Waals surface area (Å²) in [7, 11) is 5.17. The predicted molar refractivity (Wildman–Crippen MR) is 127 cm³/mol. The van der Waals surface area contributed by atoms with Gasteiger partial charge < -0.3 is 24.4 Å². The molecule has 0 bridgehead atoms. The summed E-state index contributed by atoms with van der Waals surface area (Å²) in [6, 6.07) is 17.1. The van der Waals surface area contributed by atoms with Gasteiger partial charge >= 0.3 is 0 Å². The normalized spacial score (nSPS) is 21.3. The number of fused-ring (bicyclic) bond motifs is 1. The molecule has 0 saturated carbocycles. The number of morpholine rings is 1. The Morgan fingerprint density at radius 2 is 1.88 bits per heavy atom. The van der Waals surface area contributed by atoms with E-state index in [1.165, 1.54) is 11.1 Å². The molecule has 0 amide bonds. The maximum absolute atomic E-state index is 6.12. The Hall–Kier alpha value is -2.77. The van der Waals surface area contributed by atoms with Crippen LogP contribution in [-0.2, 0) is 17.7 Å². The van der Waals surface area contributed by atoms with Crippen LogP contribution in [0.1, 0.15) is 11.1 Å². The molecule has 7 heteroatoms. The van der Waals surface area contributed by atoms with Crippen molar-refractivity contribution in [3.8, 4) is 11.5 Å². The summed E-state index contributed by atoms with van der Waals surface area (Å²) < 4.78 is 16.9. The van der Waals surface area contributed by atoms with Crippen LogP contribution in [-0.4, -0.2) is 82.0 Å². The molecular formula is C25H34N4O3. The molecule has 2 unspecified atom stereocenters. The number of methoxy groups -OCH3 is 2. The van der Waals surface area contributed by atoms with Crippen LogP contribution in [0.3, 0.4) is 0 Å². The van der Waals surface area contributed by atoms with Crippen LogP contribution in [0.4, 0.5) is 0 Å². The SMILES string of the molecule is CN=C(NCCc1ccc(OC)c(OC)c1)N1CC2OCCN(Cc3ccccc3)C2C1. The van der Waals surface area contributed by atoms with E-state index in [-0.39, 0.29) is 6.10 Å². The highest BCUT2D eigenvalue weighted by molar-refractivity contribution is 5.80. The summed E-state index contributed by atoms with van der Waals surface area (Å²) >= 11 is 0. The first kappa shape index (κ1) is 22.4. The molecule has 2 aromatic rings. The summed E-state index contributed by atoms with van der Waals surface area (Å²) in [4.78, 5) is 9.42. The van der Waals surface area contributed by atoms with Crippen LogP contribution >= 0.6 is 0 Å². The second-order valence-corrected chi connectivity index (χ2v) is 8.25. The zero-order valence-corrected chi connectivity index (χ0v) is 19.3. The Labute approximate surface area is 191 Å². The van der Waals surface area contributed by atoms with E-state index in [0.29, 0.717) is 6.04 Å². The molecule has 0 radical (unpaired) electrons. The van der Waals surface area contributed by atoms with Gasteiger partial charge in [-0.3, -0.25) is 9.89 Å². The number of rotatable bonds is 7. The fourth-order valence-electron chi connectivity index (χ4n) is 4.63. The summed E-state index contributed by atoms with van der Waals surface area (Å²) in [6.07, 6.45) is 1.09. The zero-order chi connectivity index (χ0) is 22.3. The molecule has 7 nitrogen and oxygen atoms in total. The topological polar surface area (TPSA) is 58.6 Å². The first-order chi connectivity index (χ1) is 15.7. The van der Waals surface area contributed by atoms with Crippen LogP contribution in [0, 0.1) is 0 Å². The molecule has 2 aromatic carbocycles. The smallest absolute Gasteiger partial charge is 0.193 e. The third kappa shape index (κ3) is 5.16. The zero-order valence-electron chi connectivity index (χ0n) is 19.3. The summed E-state index contributed by atoms with van der Waals surface area (Å²) in [6.45, 7) is 5.30. The van der Waals surface area contributed by atoms with Crippen molar-refractivity contribution >= 4 is 5.96 Å². The second kappa shape index (κ2) is 10.7. The Morgan fingerprint density at radius 1 is 1.06 bits per heavy atom. The lowest BCUT2D eigenvalue weighted by Gasteiger charge is -2.36. The largest absolute Gasteiger partial charge is 0.493 e. The van der Waals surface area contributed by atoms with Crippen LogP contribution < -0.4 is 14.8 Å². The molecule has 2 heterocycles. The van der Waals surface area contributed by atoms with Crippen molar-refractivity contribution in [2.75, 3.05) is 54.1 Å². The Kier molecular flexibility index (Phi) is 7.50. The van der Waals surface area contributed by atoms with E-state index in [2.05, 4.69) is 56.5 Å². The maximum Gasteiger partial charge on any atom is 0.193 e. The van der Waals surface area contributed by atoms with Crippen molar-refractivity contribution in [2.45, 2.75) is 25.1 Å². The van der Waals surface area contributed by atoms with E-state index in [0.717, 1.165) is 63.2 Å². The summed E-state index contributed by atoms with van der Waals surface area (Å²) in [5, 5.41) is 3.53. The number of hydrogen-bond acceptors (Lipinski definition) is 5. The Morgan fingerprint density at radius 3 is 2.62 bits per heavy atom. The first-order valence-corrected chi connectivity index (χ1v) is 11.3. The third-order valence-electron chi connectivity index (χ3n) is 6.30. The predicted octanol–water partition coefficient (Wildman–Crippen LogP) is 2.41. The van der Waals surface area contributed by atoms with E-state index in [1.54, 1.807) is 14.2 Å². The number of hydrogen-bond donors (Lipinski definition) is 1. The van der Waals surface area contributed by atoms with Crippen molar-refractivity contribution in [1.29, 1.82) is 0 Å². The molecule has 2 fully saturated rings. The van der Waals surface area contributed by atoms with Crippen molar-refractivity contribution in [3.05, 3.63) is 59.7 Å². The quantitative estimate of drug-likeness (QED) is 0.529. The average molecular weight is 439 g/mol. The van der Waals surface area contributed by atoms with E-state index in [9.17, 15) is 0 Å². The van der Waals surface area contributed by atoms with Gasteiger partial charge in [-0.1, -0.05) is 36.4 Å². The van der Waals surface area contributed by atoms with Gasteiger partial charge in [-0.2, -0.15) is 0 Å². The molecule has 2 atom stereocenters. The first-order valence-electron chi connectivity index (χ1n) is 11.3. The van der Waals surface area contributed by atoms with Gasteiger partial charge in [0.25, 0.3) is 0 Å². The number of benzene rings is 2. The molecule has 2 aliphatic heterocycles. The van der Waals surface area contributed by atoms with Crippen molar-refractivity contribution in [1.82, 2.24) is 15.1 Å². The highest BCUT2D eigenvalue weighted by atomic mass is 16.5. The lowest BCUT2D eigenvalue weighted by atomic mass is 10.1. The Bertz CT molecular complexity index is 905. The lowest BCUT2D eigenvalue weighted by molar-refractivity contribution is -0.0502. The highest BCUT2D eigenvalue weighted by Crippen LogP contribution is 2.28. The fraction of sp³-hybridized carbons (Fsp3) is 0.480. The minimum Gasteiger partial charge on any atom is -0.493 e. The lowest BCUT2D eigenvalue weighted by Crippen LogP contribution is -2.50. The molecule has 0 spiro atoms. The van der Waals surface area contributed by atoms with Crippen molar-refractivity contribution in [3.63, 3.8) is 0 Å². The van der Waals surface area contributed by atoms with Gasteiger partial charge in [-0.15, -0.1) is 0 Å². The average Bonchev–Trinajstić information content (AvgIpc) is 3.27. The number of likely N-dealkylation sites (tertiary alicyclic amines) is 1. The van der Waals surface area contributed by atoms with Gasteiger partial charge in [0.15, 0.2) is 17.5 Å². The second-order valence-electron chi connectivity index (χ2n) is 8.25. The molecule has 2 aliphatic rings. The van der Waals surface area contributed by atoms with Gasteiger partial charge in [0, 0.05) is 39.8 Å². The summed E-state index contributed by atoms with van der Waals surface area (Å²) in [5.41, 5.74) is 2.54. The van der Waals surface area contributed by atoms with Crippen LogP contribution in [0.15, 0.2) is 53.5 Å². The van der Waals surface area contributed by atoms with Gasteiger partial charge in [0.2, 0.25) is 0 Å². The van der Waals surface area contributed by atoms with E-state index >= 15 is 0 Å². The van der Waals surface area contributed by atoms with Crippen LogP contribution in [0.2, 0.25) is 0 Å². The number of ether oxygens (including phenoxy) is 3. The van der Waals surface area contributed by atoms with Crippen LogP contribution in [0.25, 0.3) is 0 Å². The minimum atomic E-state index is 0.219. The van der Waals surface area contributed by atoms with Gasteiger partial charge in [-0.25, -0.2) is 0 Å². The van der Waals surface area contributed by atoms with Crippen molar-refractivity contribution in [2.24, 2.45) is 4.99 Å². The standard InChI is InChI=1S/C25H34N4O3/c1-26-25(27-12-11-19-9-10-22(30-2)23(15-19)31-3)29-17-21-24(18-29)32-14-13-28(21)16-20-7-5-4-6-8-20/h4-10,15,21,24H,11-14,16-18H2,1-3H3,(H,26,27). The molecule has 2 saturated heterocycles. The number of aliphatic imine (C=N–C) groups is 1. The minimum absolute atomic E-state index is 0.219. The molecule has 0 aliphatic carbocycles. The molecule has 172 valence electrons. The van der Waals surface area contributed by atoms with E-state index < -0.39 is 0 Å². The molecule has 32 heavy (non-hydrogen) atoms. The molecule has 4 rings (SSSR count). The third-order valence-corrected chi connectivity index (χ3v) is 6.30. The summed E-state index contributed by atoms with van der Waals surface area (Å²) in [5.74, 6) is 2.44. The van der Waals surface area contributed by atoms with Crippen molar-refractivity contribution < 1.29 is 14.2 Å². The number of nitrogens with one attached hydrogen (secondary N) is 1. The molecule has 1 N–H and O–H groups in total. The van der Waals surface area contributed by atoms with Gasteiger partial charge in [-0.05, 0) is 29.7 Å². The Balaban J connectivity index is 1.33. The van der Waals surface area contributed by atoms with Gasteiger partial charge in [0.1, 0.15) is 0 Å². The number of nitrogens with zero attached hydrogens (tertiary/aromatic N) is 3. The van der Waals surface area contributed by atoms with Crippen LogP contribution in [0.5, 0.6) is 11.5 Å². The van der Waals surface area contributed by atoms with E-state index in [4.69, 9.17) is 14.2 Å². The van der Waals surface area contributed by atoms with E-state index in [1.807, 2.05) is 19.2 Å².